The van der Waals surface area contributed by atoms with Gasteiger partial charge in [-0.15, -0.1) is 0 Å². The molecule has 7 aromatic carbocycles. The molecule has 724 valence electrons. The summed E-state index contributed by atoms with van der Waals surface area (Å²) < 4.78 is 20.0. The average Bonchev–Trinajstić information content (AvgIpc) is 0.916. The minimum Gasteiger partial charge on any atom is -0.481 e. The van der Waals surface area contributed by atoms with Crippen LogP contribution in [0.15, 0.2) is 170 Å². The first-order valence-electron chi connectivity index (χ1n) is 44.6. The fourth-order valence-corrected chi connectivity index (χ4v) is 12.0. The molecule has 0 fully saturated rings. The highest BCUT2D eigenvalue weighted by molar-refractivity contribution is 5.83. The molecule has 28 heteroatoms. The van der Waals surface area contributed by atoms with Crippen LogP contribution in [0, 0.1) is 34.6 Å². The quantitative estimate of drug-likeness (QED) is 0.00750. The van der Waals surface area contributed by atoms with Gasteiger partial charge in [-0.2, -0.15) is 0 Å². The average molecular weight is 1810 g/mol. The lowest BCUT2D eigenvalue weighted by Gasteiger charge is -2.22. The fraction of sp³-hybridized carbons (Fsp3) is 0.500. The first-order valence-corrected chi connectivity index (χ1v) is 44.6. The van der Waals surface area contributed by atoms with Gasteiger partial charge in [0.05, 0.1) is 0 Å². The van der Waals surface area contributed by atoms with Crippen molar-refractivity contribution in [2.24, 2.45) is 17.2 Å². The van der Waals surface area contributed by atoms with Crippen molar-refractivity contribution >= 4 is 66.5 Å². The third-order valence-electron chi connectivity index (χ3n) is 18.3. The number of carbonyl (C=O) groups is 9. The Bertz CT molecular complexity index is 4110. The SMILES string of the molecule is C.CCC[C@@H](C)N.CCC[C@@H](C)NC(=O)N[C@H](C)Cc1ccc(C)cc1.CCC[C@@H](C)NC(=O)N[C@H](C)Cc1ccc(N)cc1.Cc1ccc(C[C@@H](C)N)cc1.Cc1ccc(C[C@@H](C)N)cc1.Cc1ccc(C[C@@H](C)NC(=O)OC(C)(C)C)cc1.Cc1ccc(C[C@H](NC(=O)OC(C)(C)C)OC=O)cc1.Nc1ccc(C[C@H](NC(=O)N[C@@H](CCC(=O)O)C(=O)O)OC=O)cc1. The van der Waals surface area contributed by atoms with E-state index >= 15 is 0 Å². The number of alkyl carbamates (subject to hydrolysis) is 2. The Labute approximate surface area is 776 Å². The highest BCUT2D eigenvalue weighted by Crippen LogP contribution is 2.16. The summed E-state index contributed by atoms with van der Waals surface area (Å²) in [6, 6.07) is 55.2. The first kappa shape index (κ1) is 120. The number of carbonyl (C=O) groups excluding carboxylic acids is 7. The van der Waals surface area contributed by atoms with Crippen LogP contribution in [0.5, 0.6) is 0 Å². The number of hydrogen-bond donors (Lipinski definition) is 15. The van der Waals surface area contributed by atoms with Crippen molar-refractivity contribution in [1.29, 1.82) is 0 Å². The number of hydrogen-bond acceptors (Lipinski definition) is 18. The smallest absolute Gasteiger partial charge is 0.410 e. The van der Waals surface area contributed by atoms with Crippen molar-refractivity contribution in [3.05, 3.63) is 237 Å². The van der Waals surface area contributed by atoms with Crippen molar-refractivity contribution in [2.45, 2.75) is 334 Å². The Morgan fingerprint density at radius 1 is 0.338 bits per heavy atom. The summed E-state index contributed by atoms with van der Waals surface area (Å²) in [5.41, 5.74) is 42.4. The van der Waals surface area contributed by atoms with Crippen LogP contribution in [-0.4, -0.2) is 143 Å². The Morgan fingerprint density at radius 2 is 0.592 bits per heavy atom. The lowest BCUT2D eigenvalue weighted by molar-refractivity contribution is -0.141. The van der Waals surface area contributed by atoms with Gasteiger partial charge in [0.1, 0.15) is 17.2 Å². The highest BCUT2D eigenvalue weighted by atomic mass is 16.6. The van der Waals surface area contributed by atoms with E-state index in [1.54, 1.807) is 45.0 Å². The number of nitrogen functional groups attached to an aromatic ring is 2. The molecule has 20 N–H and O–H groups in total. The largest absolute Gasteiger partial charge is 0.481 e. The van der Waals surface area contributed by atoms with Gasteiger partial charge in [-0.05, 0) is 253 Å². The molecule has 0 saturated carbocycles. The van der Waals surface area contributed by atoms with Crippen LogP contribution in [-0.2, 0) is 83.1 Å². The molecule has 0 radical (unpaired) electrons. The Balaban J connectivity index is 0. The van der Waals surface area contributed by atoms with Gasteiger partial charge < -0.3 is 95.0 Å². The van der Waals surface area contributed by atoms with Crippen LogP contribution < -0.4 is 71.2 Å². The van der Waals surface area contributed by atoms with Crippen LogP contribution in [0.2, 0.25) is 0 Å². The lowest BCUT2D eigenvalue weighted by atomic mass is 10.1. The van der Waals surface area contributed by atoms with Gasteiger partial charge in [0.15, 0.2) is 12.5 Å². The molecule has 0 aliphatic rings. The summed E-state index contributed by atoms with van der Waals surface area (Å²) in [5, 5.41) is 39.2. The second-order valence-corrected chi connectivity index (χ2v) is 35.1. The molecule has 0 aliphatic heterocycles. The molecule has 130 heavy (non-hydrogen) atoms. The number of benzene rings is 7. The van der Waals surface area contributed by atoms with Crippen molar-refractivity contribution < 1.29 is 72.3 Å². The van der Waals surface area contributed by atoms with Gasteiger partial charge in [-0.25, -0.2) is 28.8 Å². The molecule has 0 unspecified atom stereocenters. The van der Waals surface area contributed by atoms with Crippen LogP contribution in [0.3, 0.4) is 0 Å². The van der Waals surface area contributed by atoms with E-state index in [1.165, 1.54) is 56.5 Å². The maximum atomic E-state index is 11.9. The number of aryl methyl sites for hydroxylation is 5. The fourth-order valence-electron chi connectivity index (χ4n) is 12.0. The third kappa shape index (κ3) is 66.6. The minimum absolute atomic E-state index is 0. The normalized spacial score (nSPS) is 13.0. The van der Waals surface area contributed by atoms with E-state index in [9.17, 15) is 43.2 Å². The van der Waals surface area contributed by atoms with E-state index in [1.807, 2.05) is 132 Å². The highest BCUT2D eigenvalue weighted by Gasteiger charge is 2.25. The summed E-state index contributed by atoms with van der Waals surface area (Å²) in [7, 11) is 0. The molecule has 7 aromatic rings. The standard InChI is InChI=1S/C16H26N2O.C15H19N3O7.C15H25N3O.C15H21NO4.C15H23NO2.2C10H15N.C5H13N.CH4/c1-5-6-13(3)17-16(19)18-14(4)11-15-9-7-12(2)8-10-15;16-10-3-1-9(2-4-10)7-12(25-8-19)18-15(24)17-11(14(22)23)5-6-13(20)21;1-4-5-11(2)17-15(19)18-12(3)10-13-6-8-14(16)9-7-13;1-11-5-7-12(8-6-11)9-13(19-10-17)16-14(18)20-15(2,3)4;1-11-6-8-13(9-7-11)10-12(2)16-14(17)18-15(3,4)5;2*1-8-3-5-10(6-4-8)7-9(2)11;1-3-4-5(2)6;/h7-10,13-14H,5-6,11H2,1-4H3,(H2,17,18,19);1-4,8,11-12H,5-7,16H2,(H,20,21)(H,22,23)(H2,17,18,24);6-9,11-12H,4-5,10,16H2,1-3H3,(H2,17,18,19);5-8,10,13H,9H2,1-4H3,(H,16,18);6-9,12H,10H2,1-5H3,(H,16,17);2*3-6,9H,7,11H2,1-2H3;5H,3-4,6H2,1-2H3;1H4/t13-,14-;11-,12+;11-,12-;13-;12-;2*9-;5-;/m10111111./s1. The lowest BCUT2D eigenvalue weighted by Crippen LogP contribution is -2.50. The van der Waals surface area contributed by atoms with Crippen LogP contribution in [0.1, 0.15) is 243 Å². The van der Waals surface area contributed by atoms with E-state index in [0.717, 1.165) is 86.6 Å². The molecule has 11 atom stereocenters. The molecular weight excluding hydrogens is 1650 g/mol. The molecule has 0 saturated heterocycles. The number of ether oxygens (including phenoxy) is 4. The van der Waals surface area contributed by atoms with Crippen molar-refractivity contribution in [3.8, 4) is 0 Å². The molecule has 0 aromatic heterocycles. The maximum absolute atomic E-state index is 11.9. The number of carboxylic acid groups (broad SMARTS) is 2. The summed E-state index contributed by atoms with van der Waals surface area (Å²) in [4.78, 5) is 101. The van der Waals surface area contributed by atoms with E-state index in [2.05, 4.69) is 188 Å². The minimum atomic E-state index is -1.38. The molecular formula is C102H161N13O15. The number of rotatable bonds is 36. The second-order valence-electron chi connectivity index (χ2n) is 35.1. The summed E-state index contributed by atoms with van der Waals surface area (Å²) in [6.45, 7) is 44.2. The molecule has 28 nitrogen and oxygen atoms in total. The summed E-state index contributed by atoms with van der Waals surface area (Å²) in [5.74, 6) is -2.55. The number of aliphatic carboxylic acids is 2. The summed E-state index contributed by atoms with van der Waals surface area (Å²) >= 11 is 0. The molecule has 0 spiro atoms. The predicted molar refractivity (Wildman–Crippen MR) is 527 cm³/mol. The van der Waals surface area contributed by atoms with Gasteiger partial charge in [-0.1, -0.05) is 221 Å². The number of amides is 8. The monoisotopic (exact) mass is 1810 g/mol. The first-order chi connectivity index (χ1) is 60.5. The number of nitrogens with one attached hydrogen (secondary N) is 8. The number of anilines is 2. The Hall–Kier alpha value is -11.8. The summed E-state index contributed by atoms with van der Waals surface area (Å²) in [6.07, 6.45) is 8.01. The molecule has 0 aliphatic carbocycles. The number of urea groups is 3. The number of nitrogens with two attached hydrogens (primary N) is 5. The van der Waals surface area contributed by atoms with E-state index in [4.69, 9.17) is 57.8 Å². The van der Waals surface area contributed by atoms with Crippen molar-refractivity contribution in [1.82, 2.24) is 42.5 Å². The van der Waals surface area contributed by atoms with Gasteiger partial charge >= 0.3 is 42.2 Å². The zero-order valence-corrected chi connectivity index (χ0v) is 80.9. The van der Waals surface area contributed by atoms with E-state index in [0.29, 0.717) is 24.6 Å². The topological polar surface area (TPSA) is 457 Å². The molecule has 7 rings (SSSR count). The van der Waals surface area contributed by atoms with Crippen molar-refractivity contribution in [3.63, 3.8) is 0 Å². The predicted octanol–water partition coefficient (Wildman–Crippen LogP) is 17.6. The van der Waals surface area contributed by atoms with Crippen LogP contribution in [0.4, 0.5) is 35.3 Å². The molecule has 0 heterocycles. The molecule has 0 bridgehead atoms. The second kappa shape index (κ2) is 67.5. The Kier molecular flexibility index (Phi) is 62.4. The van der Waals surface area contributed by atoms with Gasteiger partial charge in [0.2, 0.25) is 0 Å². The zero-order valence-electron chi connectivity index (χ0n) is 80.9. The van der Waals surface area contributed by atoms with Crippen LogP contribution in [0.25, 0.3) is 0 Å². The van der Waals surface area contributed by atoms with Gasteiger partial charge in [-0.3, -0.25) is 19.7 Å². The van der Waals surface area contributed by atoms with E-state index in [-0.39, 0.29) is 87.2 Å². The van der Waals surface area contributed by atoms with Crippen LogP contribution >= 0.6 is 0 Å². The third-order valence-corrected chi connectivity index (χ3v) is 18.3. The van der Waals surface area contributed by atoms with Crippen molar-refractivity contribution in [2.75, 3.05) is 11.5 Å². The Morgan fingerprint density at radius 3 is 0.846 bits per heavy atom. The van der Waals surface area contributed by atoms with Gasteiger partial charge in [0.25, 0.3) is 12.9 Å². The number of carboxylic acids is 2. The van der Waals surface area contributed by atoms with Gasteiger partial charge in [0, 0.05) is 79.0 Å². The molecule has 8 amide bonds. The zero-order chi connectivity index (χ0) is 97.8. The maximum Gasteiger partial charge on any atom is 0.410 e. The van der Waals surface area contributed by atoms with E-state index < -0.39 is 60.2 Å².